The summed E-state index contributed by atoms with van der Waals surface area (Å²) in [6, 6.07) is 4.75. The topological polar surface area (TPSA) is 57.2 Å². The van der Waals surface area contributed by atoms with E-state index < -0.39 is 10.1 Å². The van der Waals surface area contributed by atoms with Crippen LogP contribution in [0.25, 0.3) is 0 Å². The summed E-state index contributed by atoms with van der Waals surface area (Å²) in [5, 5.41) is 0. The molecular formula is C7H6IO3S-. The molecule has 3 nitrogen and oxygen atoms in total. The summed E-state index contributed by atoms with van der Waals surface area (Å²) in [6.45, 7) is 1.74. The van der Waals surface area contributed by atoms with Gasteiger partial charge in [0.25, 0.3) is 0 Å². The van der Waals surface area contributed by atoms with Crippen molar-refractivity contribution in [2.45, 2.75) is 11.8 Å². The lowest BCUT2D eigenvalue weighted by Crippen LogP contribution is -2.01. The van der Waals surface area contributed by atoms with Crippen LogP contribution < -0.4 is 0 Å². The minimum Gasteiger partial charge on any atom is -0.744 e. The predicted molar refractivity (Wildman–Crippen MR) is 51.9 cm³/mol. The Morgan fingerprint density at radius 3 is 2.42 bits per heavy atom. The smallest absolute Gasteiger partial charge is 0.125 e. The summed E-state index contributed by atoms with van der Waals surface area (Å²) in [6.07, 6.45) is 0. The molecule has 0 fully saturated rings. The van der Waals surface area contributed by atoms with E-state index in [1.807, 2.05) is 22.6 Å². The zero-order valence-corrected chi connectivity index (χ0v) is 9.22. The first-order valence-corrected chi connectivity index (χ1v) is 5.62. The van der Waals surface area contributed by atoms with E-state index in [9.17, 15) is 13.0 Å². The van der Waals surface area contributed by atoms with Gasteiger partial charge in [-0.15, -0.1) is 0 Å². The van der Waals surface area contributed by atoms with Crippen molar-refractivity contribution in [2.75, 3.05) is 0 Å². The van der Waals surface area contributed by atoms with Gasteiger partial charge in [0, 0.05) is 3.57 Å². The minimum absolute atomic E-state index is 0.136. The second kappa shape index (κ2) is 3.31. The van der Waals surface area contributed by atoms with Crippen molar-refractivity contribution in [2.24, 2.45) is 0 Å². The summed E-state index contributed by atoms with van der Waals surface area (Å²) in [4.78, 5) is -0.136. The van der Waals surface area contributed by atoms with E-state index in [0.717, 1.165) is 5.56 Å². The van der Waals surface area contributed by atoms with Crippen LogP contribution >= 0.6 is 22.6 Å². The molecule has 0 N–H and O–H groups in total. The molecule has 12 heavy (non-hydrogen) atoms. The number of benzene rings is 1. The van der Waals surface area contributed by atoms with Gasteiger partial charge >= 0.3 is 0 Å². The lowest BCUT2D eigenvalue weighted by Gasteiger charge is -2.09. The zero-order chi connectivity index (χ0) is 9.35. The van der Waals surface area contributed by atoms with Crippen LogP contribution in [-0.4, -0.2) is 13.0 Å². The molecular weight excluding hydrogens is 291 g/mol. The lowest BCUT2D eigenvalue weighted by atomic mass is 10.2. The molecule has 5 heteroatoms. The summed E-state index contributed by atoms with van der Waals surface area (Å²) in [7, 11) is -4.31. The Labute approximate surface area is 84.7 Å². The van der Waals surface area contributed by atoms with Crippen LogP contribution in [0, 0.1) is 10.5 Å². The number of rotatable bonds is 1. The first-order valence-electron chi connectivity index (χ1n) is 3.13. The third-order valence-electron chi connectivity index (χ3n) is 1.36. The Morgan fingerprint density at radius 2 is 2.00 bits per heavy atom. The van der Waals surface area contributed by atoms with E-state index in [2.05, 4.69) is 0 Å². The molecule has 0 aliphatic heterocycles. The number of hydrogen-bond acceptors (Lipinski definition) is 3. The average molecular weight is 297 g/mol. The van der Waals surface area contributed by atoms with E-state index in [0.29, 0.717) is 3.57 Å². The third-order valence-corrected chi connectivity index (χ3v) is 3.54. The fraction of sp³-hybridized carbons (Fsp3) is 0.143. The fourth-order valence-electron chi connectivity index (χ4n) is 0.802. The molecule has 0 spiro atoms. The molecule has 0 unspecified atom stereocenters. The Balaban J connectivity index is 3.43. The highest BCUT2D eigenvalue weighted by Crippen LogP contribution is 2.18. The third kappa shape index (κ3) is 2.18. The molecule has 0 atom stereocenters. The number of aryl methyl sites for hydroxylation is 1. The molecule has 0 aromatic heterocycles. The molecule has 0 radical (unpaired) electrons. The molecule has 1 aromatic carbocycles. The van der Waals surface area contributed by atoms with Crippen LogP contribution in [0.2, 0.25) is 0 Å². The van der Waals surface area contributed by atoms with Gasteiger partial charge < -0.3 is 4.55 Å². The second-order valence-electron chi connectivity index (χ2n) is 2.39. The standard InChI is InChI=1S/C7H7IO3S/c1-5-2-3-6(8)7(4-5)12(9,10)11/h2-4H,1H3,(H,9,10,11)/p-1. The molecule has 0 heterocycles. The zero-order valence-electron chi connectivity index (χ0n) is 6.24. The largest absolute Gasteiger partial charge is 0.744 e. The Morgan fingerprint density at radius 1 is 1.42 bits per heavy atom. The number of hydrogen-bond donors (Lipinski definition) is 0. The highest BCUT2D eigenvalue weighted by molar-refractivity contribution is 14.1. The van der Waals surface area contributed by atoms with E-state index in [4.69, 9.17) is 0 Å². The Bertz CT molecular complexity index is 397. The molecule has 0 aliphatic carbocycles. The summed E-state index contributed by atoms with van der Waals surface area (Å²) < 4.78 is 32.4. The van der Waals surface area contributed by atoms with Crippen LogP contribution in [0.3, 0.4) is 0 Å². The van der Waals surface area contributed by atoms with Gasteiger partial charge in [-0.2, -0.15) is 0 Å². The van der Waals surface area contributed by atoms with E-state index in [1.54, 1.807) is 19.1 Å². The van der Waals surface area contributed by atoms with E-state index in [1.165, 1.54) is 6.07 Å². The van der Waals surface area contributed by atoms with Crippen molar-refractivity contribution in [3.63, 3.8) is 0 Å². The van der Waals surface area contributed by atoms with Gasteiger partial charge in [-0.3, -0.25) is 0 Å². The first kappa shape index (κ1) is 9.94. The summed E-state index contributed by atoms with van der Waals surface area (Å²) >= 11 is 1.82. The molecule has 0 bridgehead atoms. The molecule has 0 aliphatic rings. The normalized spacial score (nSPS) is 11.6. The van der Waals surface area contributed by atoms with Crippen LogP contribution in [-0.2, 0) is 10.1 Å². The molecule has 1 aromatic rings. The van der Waals surface area contributed by atoms with Crippen LogP contribution in [0.15, 0.2) is 23.1 Å². The predicted octanol–water partition coefficient (Wildman–Crippen LogP) is 1.50. The molecule has 0 saturated carbocycles. The average Bonchev–Trinajstić information content (AvgIpc) is 1.92. The van der Waals surface area contributed by atoms with Crippen molar-refractivity contribution < 1.29 is 13.0 Å². The summed E-state index contributed by atoms with van der Waals surface area (Å²) in [5.41, 5.74) is 0.768. The first-order chi connectivity index (χ1) is 5.41. The molecule has 66 valence electrons. The van der Waals surface area contributed by atoms with Gasteiger partial charge in [-0.05, 0) is 47.2 Å². The van der Waals surface area contributed by atoms with Crippen molar-refractivity contribution in [1.29, 1.82) is 0 Å². The maximum Gasteiger partial charge on any atom is 0.125 e. The van der Waals surface area contributed by atoms with Crippen molar-refractivity contribution >= 4 is 32.7 Å². The highest BCUT2D eigenvalue weighted by Gasteiger charge is 2.05. The van der Waals surface area contributed by atoms with Crippen molar-refractivity contribution in [3.05, 3.63) is 27.3 Å². The van der Waals surface area contributed by atoms with Gasteiger partial charge in [0.05, 0.1) is 4.90 Å². The molecule has 0 amide bonds. The minimum atomic E-state index is -4.31. The van der Waals surface area contributed by atoms with E-state index in [-0.39, 0.29) is 4.90 Å². The van der Waals surface area contributed by atoms with Crippen molar-refractivity contribution in [1.82, 2.24) is 0 Å². The van der Waals surface area contributed by atoms with Gasteiger partial charge in [-0.25, -0.2) is 8.42 Å². The fourth-order valence-corrected chi connectivity index (χ4v) is 2.58. The summed E-state index contributed by atoms with van der Waals surface area (Å²) in [5.74, 6) is 0. The van der Waals surface area contributed by atoms with Gasteiger partial charge in [-0.1, -0.05) is 6.07 Å². The monoisotopic (exact) mass is 297 g/mol. The van der Waals surface area contributed by atoms with Crippen molar-refractivity contribution in [3.8, 4) is 0 Å². The highest BCUT2D eigenvalue weighted by atomic mass is 127. The van der Waals surface area contributed by atoms with E-state index >= 15 is 0 Å². The Hall–Kier alpha value is -0.140. The van der Waals surface area contributed by atoms with Crippen LogP contribution in [0.1, 0.15) is 5.56 Å². The lowest BCUT2D eigenvalue weighted by molar-refractivity contribution is 0.462. The second-order valence-corrected chi connectivity index (χ2v) is 4.90. The van der Waals surface area contributed by atoms with Gasteiger partial charge in [0.1, 0.15) is 10.1 Å². The Kier molecular flexibility index (Phi) is 2.74. The molecule has 1 rings (SSSR count). The quantitative estimate of drug-likeness (QED) is 0.583. The van der Waals surface area contributed by atoms with Crippen LogP contribution in [0.5, 0.6) is 0 Å². The SMILES string of the molecule is Cc1ccc(I)c(S(=O)(=O)[O-])c1. The maximum absolute atomic E-state index is 10.6. The molecule has 0 saturated heterocycles. The van der Waals surface area contributed by atoms with Gasteiger partial charge in [0.15, 0.2) is 0 Å². The van der Waals surface area contributed by atoms with Gasteiger partial charge in [0.2, 0.25) is 0 Å². The van der Waals surface area contributed by atoms with Crippen LogP contribution in [0.4, 0.5) is 0 Å². The number of halogens is 1. The maximum atomic E-state index is 10.6.